The zero-order valence-electron chi connectivity index (χ0n) is 23.7. The summed E-state index contributed by atoms with van der Waals surface area (Å²) in [4.78, 5) is 24.2. The van der Waals surface area contributed by atoms with Gasteiger partial charge < -0.3 is 19.5 Å². The number of hydrogen-bond acceptors (Lipinski definition) is 5. The van der Waals surface area contributed by atoms with Crippen LogP contribution in [0, 0.1) is 52.3 Å². The summed E-state index contributed by atoms with van der Waals surface area (Å²) in [7, 11) is 0. The van der Waals surface area contributed by atoms with Crippen molar-refractivity contribution in [2.75, 3.05) is 6.61 Å². The summed E-state index contributed by atoms with van der Waals surface area (Å²) in [6.07, 6.45) is 11.3. The summed E-state index contributed by atoms with van der Waals surface area (Å²) in [5.41, 5.74) is 1.18. The maximum Gasteiger partial charge on any atom is 0.302 e. The van der Waals surface area contributed by atoms with Gasteiger partial charge in [-0.2, -0.15) is 0 Å². The molecule has 0 aromatic rings. The van der Waals surface area contributed by atoms with Gasteiger partial charge >= 0.3 is 5.97 Å². The van der Waals surface area contributed by atoms with E-state index < -0.39 is 5.79 Å². The molecule has 0 aromatic carbocycles. The molecular formula is C31H47NO5. The van der Waals surface area contributed by atoms with E-state index in [1.807, 2.05) is 0 Å². The van der Waals surface area contributed by atoms with Crippen molar-refractivity contribution < 1.29 is 23.8 Å². The van der Waals surface area contributed by atoms with Crippen molar-refractivity contribution in [2.24, 2.45) is 52.3 Å². The molecule has 206 valence electrons. The minimum Gasteiger partial charge on any atom is -0.463 e. The third-order valence-electron chi connectivity index (χ3n) is 12.2. The molecule has 1 spiro atoms. The van der Waals surface area contributed by atoms with E-state index in [1.165, 1.54) is 19.8 Å². The standard InChI is InChI=1S/C31H47NO5/c1-17-9-12-31(35-16-17)18(2)28-26(37-31)14-25-23-8-7-21-13-22(36-20(4)34)10-11-29(21,5)24(23)15-27(30(25,28)6)32-19(3)33/h15,17-18,21-26,28H,7-14,16H2,1-6H3,(H,32,33)/t17-,18+,21?,22+,23-,24+,25+,26+,28+,29+,30-,31-/m1/s1. The van der Waals surface area contributed by atoms with Gasteiger partial charge in [0, 0.05) is 43.2 Å². The fraction of sp³-hybridized carbons (Fsp3) is 0.871. The highest BCUT2D eigenvalue weighted by atomic mass is 16.7. The molecule has 1 N–H and O–H groups in total. The predicted molar refractivity (Wildman–Crippen MR) is 140 cm³/mol. The van der Waals surface area contributed by atoms with Crippen molar-refractivity contribution in [3.63, 3.8) is 0 Å². The van der Waals surface area contributed by atoms with E-state index in [4.69, 9.17) is 14.2 Å². The van der Waals surface area contributed by atoms with Crippen molar-refractivity contribution >= 4 is 11.9 Å². The number of esters is 1. The molecule has 5 fully saturated rings. The first kappa shape index (κ1) is 25.9. The highest BCUT2D eigenvalue weighted by molar-refractivity contribution is 5.75. The number of hydrogen-bond donors (Lipinski definition) is 1. The number of ether oxygens (including phenoxy) is 3. The highest BCUT2D eigenvalue weighted by Crippen LogP contribution is 2.71. The molecule has 0 bridgehead atoms. The van der Waals surface area contributed by atoms with Crippen LogP contribution in [0.2, 0.25) is 0 Å². The summed E-state index contributed by atoms with van der Waals surface area (Å²) < 4.78 is 19.1. The first-order chi connectivity index (χ1) is 17.5. The minimum atomic E-state index is -0.466. The first-order valence-corrected chi connectivity index (χ1v) is 15.0. The monoisotopic (exact) mass is 513 g/mol. The molecule has 1 unspecified atom stereocenters. The molecule has 6 heteroatoms. The minimum absolute atomic E-state index is 0.0215. The summed E-state index contributed by atoms with van der Waals surface area (Å²) in [6, 6.07) is 0. The van der Waals surface area contributed by atoms with E-state index >= 15 is 0 Å². The zero-order chi connectivity index (χ0) is 26.3. The largest absolute Gasteiger partial charge is 0.463 e. The van der Waals surface area contributed by atoms with E-state index in [0.717, 1.165) is 50.8 Å². The van der Waals surface area contributed by atoms with E-state index in [2.05, 4.69) is 39.1 Å². The van der Waals surface area contributed by atoms with Gasteiger partial charge in [-0.1, -0.05) is 33.8 Å². The second kappa shape index (κ2) is 8.81. The molecule has 12 atom stereocenters. The zero-order valence-corrected chi connectivity index (χ0v) is 23.7. The number of carbonyl (C=O) groups excluding carboxylic acids is 2. The van der Waals surface area contributed by atoms with E-state index in [9.17, 15) is 9.59 Å². The number of amides is 1. The first-order valence-electron chi connectivity index (χ1n) is 15.0. The Morgan fingerprint density at radius 1 is 1.05 bits per heavy atom. The third-order valence-corrected chi connectivity index (χ3v) is 12.2. The fourth-order valence-electron chi connectivity index (χ4n) is 10.4. The van der Waals surface area contributed by atoms with Crippen LogP contribution in [0.15, 0.2) is 11.8 Å². The lowest BCUT2D eigenvalue weighted by Crippen LogP contribution is -2.56. The predicted octanol–water partition coefficient (Wildman–Crippen LogP) is 5.60. The van der Waals surface area contributed by atoms with Gasteiger partial charge in [0.15, 0.2) is 5.79 Å². The molecule has 3 saturated carbocycles. The van der Waals surface area contributed by atoms with Gasteiger partial charge in [0.2, 0.25) is 5.91 Å². The number of rotatable bonds is 2. The lowest BCUT2D eigenvalue weighted by molar-refractivity contribution is -0.272. The van der Waals surface area contributed by atoms with E-state index in [0.29, 0.717) is 41.4 Å². The van der Waals surface area contributed by atoms with Crippen LogP contribution >= 0.6 is 0 Å². The van der Waals surface area contributed by atoms with Crippen LogP contribution in [0.1, 0.15) is 92.9 Å². The molecule has 1 amide bonds. The summed E-state index contributed by atoms with van der Waals surface area (Å²) >= 11 is 0. The van der Waals surface area contributed by atoms with E-state index in [-0.39, 0.29) is 34.9 Å². The van der Waals surface area contributed by atoms with Crippen molar-refractivity contribution in [3.8, 4) is 0 Å². The van der Waals surface area contributed by atoms with Gasteiger partial charge in [-0.05, 0) is 80.0 Å². The van der Waals surface area contributed by atoms with E-state index in [1.54, 1.807) is 6.92 Å². The van der Waals surface area contributed by atoms with Crippen molar-refractivity contribution in [1.29, 1.82) is 0 Å². The number of fused-ring (bicyclic) bond motifs is 7. The number of carbonyl (C=O) groups is 2. The Kier molecular flexibility index (Phi) is 6.15. The van der Waals surface area contributed by atoms with Crippen molar-refractivity contribution in [2.45, 2.75) is 111 Å². The van der Waals surface area contributed by atoms with Gasteiger partial charge in [0.05, 0.1) is 12.7 Å². The SMILES string of the molecule is CC(=O)NC1=C[C@H]2[C@@H](CCC3C[C@@H](OC(C)=O)CC[C@@]32C)[C@@H]2C[C@@H]3O[C@]4(CC[C@@H](C)CO4)[C@@H](C)[C@@H]3[C@@]12C. The maximum absolute atomic E-state index is 12.6. The molecular weight excluding hydrogens is 466 g/mol. The fourth-order valence-corrected chi connectivity index (χ4v) is 10.4. The van der Waals surface area contributed by atoms with Crippen LogP contribution in [-0.2, 0) is 23.8 Å². The molecule has 6 nitrogen and oxygen atoms in total. The highest BCUT2D eigenvalue weighted by Gasteiger charge is 2.70. The Morgan fingerprint density at radius 2 is 1.84 bits per heavy atom. The Labute approximate surface area is 222 Å². The lowest BCUT2D eigenvalue weighted by Gasteiger charge is -2.60. The molecule has 2 saturated heterocycles. The summed E-state index contributed by atoms with van der Waals surface area (Å²) in [6.45, 7) is 13.5. The molecule has 2 heterocycles. The molecule has 6 aliphatic rings. The molecule has 4 aliphatic carbocycles. The van der Waals surface area contributed by atoms with Crippen LogP contribution < -0.4 is 5.32 Å². The summed E-state index contributed by atoms with van der Waals surface area (Å²) in [5, 5.41) is 3.36. The normalized spacial score (nSPS) is 52.4. The van der Waals surface area contributed by atoms with Gasteiger partial charge in [0.25, 0.3) is 0 Å². The molecule has 6 rings (SSSR count). The Bertz CT molecular complexity index is 984. The lowest BCUT2D eigenvalue weighted by atomic mass is 9.45. The number of allylic oxidation sites excluding steroid dienone is 2. The van der Waals surface area contributed by atoms with Crippen molar-refractivity contribution in [1.82, 2.24) is 5.32 Å². The quantitative estimate of drug-likeness (QED) is 0.486. The summed E-state index contributed by atoms with van der Waals surface area (Å²) in [5.74, 6) is 2.67. The topological polar surface area (TPSA) is 73.9 Å². The van der Waals surface area contributed by atoms with Crippen LogP contribution in [0.5, 0.6) is 0 Å². The van der Waals surface area contributed by atoms with Crippen molar-refractivity contribution in [3.05, 3.63) is 11.8 Å². The Balaban J connectivity index is 1.34. The Hall–Kier alpha value is -1.40. The van der Waals surface area contributed by atoms with Crippen LogP contribution in [-0.4, -0.2) is 36.5 Å². The molecule has 37 heavy (non-hydrogen) atoms. The van der Waals surface area contributed by atoms with Gasteiger partial charge in [0.1, 0.15) is 6.10 Å². The van der Waals surface area contributed by atoms with Gasteiger partial charge in [-0.3, -0.25) is 9.59 Å². The van der Waals surface area contributed by atoms with Gasteiger partial charge in [-0.15, -0.1) is 0 Å². The van der Waals surface area contributed by atoms with Crippen LogP contribution in [0.4, 0.5) is 0 Å². The van der Waals surface area contributed by atoms with Gasteiger partial charge in [-0.25, -0.2) is 0 Å². The molecule has 0 radical (unpaired) electrons. The second-order valence-corrected chi connectivity index (χ2v) is 14.1. The smallest absolute Gasteiger partial charge is 0.302 e. The average Bonchev–Trinajstić information content (AvgIpc) is 3.27. The average molecular weight is 514 g/mol. The maximum atomic E-state index is 12.6. The second-order valence-electron chi connectivity index (χ2n) is 14.1. The molecule has 0 aromatic heterocycles. The number of nitrogens with one attached hydrogen (secondary N) is 1. The van der Waals surface area contributed by atoms with Crippen LogP contribution in [0.3, 0.4) is 0 Å². The van der Waals surface area contributed by atoms with Crippen LogP contribution in [0.25, 0.3) is 0 Å². The third kappa shape index (κ3) is 3.78. The molecule has 2 aliphatic heterocycles. The Morgan fingerprint density at radius 3 is 2.51 bits per heavy atom.